The molecule has 1 aromatic carbocycles. The molecule has 5 heteroatoms. The van der Waals surface area contributed by atoms with Crippen LogP contribution in [-0.4, -0.2) is 41.7 Å². The van der Waals surface area contributed by atoms with Gasteiger partial charge in [0.05, 0.1) is 18.0 Å². The molecule has 0 radical (unpaired) electrons. The second-order valence-electron chi connectivity index (χ2n) is 5.44. The molecule has 2 rings (SSSR count). The highest BCUT2D eigenvalue weighted by Gasteiger charge is 2.13. The van der Waals surface area contributed by atoms with Gasteiger partial charge < -0.3 is 14.2 Å². The van der Waals surface area contributed by atoms with Gasteiger partial charge in [0.15, 0.2) is 0 Å². The summed E-state index contributed by atoms with van der Waals surface area (Å²) in [5, 5.41) is 0. The third-order valence-electron chi connectivity index (χ3n) is 3.39. The molecule has 116 valence electrons. The van der Waals surface area contributed by atoms with Gasteiger partial charge >= 0.3 is 0 Å². The van der Waals surface area contributed by atoms with Crippen LogP contribution in [0.4, 0.5) is 0 Å². The van der Waals surface area contributed by atoms with Crippen LogP contribution in [0, 0.1) is 0 Å². The number of ether oxygens (including phenoxy) is 1. The summed E-state index contributed by atoms with van der Waals surface area (Å²) in [5.74, 6) is 2.19. The van der Waals surface area contributed by atoms with Crippen LogP contribution in [-0.2, 0) is 12.4 Å². The molecule has 0 unspecified atom stereocenters. The third-order valence-corrected chi connectivity index (χ3v) is 3.63. The summed E-state index contributed by atoms with van der Waals surface area (Å²) < 4.78 is 8.01. The van der Waals surface area contributed by atoms with Crippen molar-refractivity contribution in [1.29, 1.82) is 0 Å². The van der Waals surface area contributed by atoms with Crippen molar-refractivity contribution in [3.63, 3.8) is 0 Å². The Hall–Kier alpha value is -1.26. The van der Waals surface area contributed by atoms with Gasteiger partial charge in [-0.2, -0.15) is 0 Å². The lowest BCUT2D eigenvalue weighted by atomic mass is 10.3. The fraction of sp³-hybridized carbons (Fsp3) is 0.562. The molecule has 0 aliphatic rings. The lowest BCUT2D eigenvalue weighted by Crippen LogP contribution is -2.15. The first-order valence-corrected chi connectivity index (χ1v) is 8.02. The molecule has 0 aliphatic heterocycles. The predicted octanol–water partition coefficient (Wildman–Crippen LogP) is 3.52. The molecule has 0 saturated carbocycles. The van der Waals surface area contributed by atoms with E-state index in [1.54, 1.807) is 0 Å². The molecule has 0 saturated heterocycles. The Morgan fingerprint density at radius 1 is 1.33 bits per heavy atom. The van der Waals surface area contributed by atoms with E-state index in [-0.39, 0.29) is 0 Å². The summed E-state index contributed by atoms with van der Waals surface area (Å²) in [7, 11) is 4.18. The van der Waals surface area contributed by atoms with E-state index >= 15 is 0 Å². The number of fused-ring (bicyclic) bond motifs is 1. The molecular formula is C16H24ClN3O. The number of para-hydroxylation sites is 1. The molecule has 2 aromatic rings. The van der Waals surface area contributed by atoms with Crippen molar-refractivity contribution in [3.05, 3.63) is 24.0 Å². The van der Waals surface area contributed by atoms with Crippen LogP contribution in [0.25, 0.3) is 11.0 Å². The minimum atomic E-state index is 0.420. The highest BCUT2D eigenvalue weighted by atomic mass is 35.5. The van der Waals surface area contributed by atoms with E-state index < -0.39 is 0 Å². The van der Waals surface area contributed by atoms with E-state index in [1.807, 2.05) is 12.1 Å². The second kappa shape index (κ2) is 7.66. The Kier molecular flexibility index (Phi) is 5.88. The van der Waals surface area contributed by atoms with Crippen molar-refractivity contribution in [3.8, 4) is 5.75 Å². The Morgan fingerprint density at radius 3 is 2.81 bits per heavy atom. The summed E-state index contributed by atoms with van der Waals surface area (Å²) in [6, 6.07) is 6.09. The molecule has 1 heterocycles. The van der Waals surface area contributed by atoms with Gasteiger partial charge in [-0.05, 0) is 45.6 Å². The van der Waals surface area contributed by atoms with E-state index in [9.17, 15) is 0 Å². The van der Waals surface area contributed by atoms with E-state index in [0.717, 1.165) is 48.5 Å². The van der Waals surface area contributed by atoms with Gasteiger partial charge in [0.2, 0.25) is 0 Å². The molecule has 0 aliphatic carbocycles. The van der Waals surface area contributed by atoms with Gasteiger partial charge in [0.1, 0.15) is 17.1 Å². The van der Waals surface area contributed by atoms with Crippen molar-refractivity contribution in [1.82, 2.24) is 14.5 Å². The number of nitrogens with zero attached hydrogens (tertiary/aromatic N) is 3. The average Bonchev–Trinajstić information content (AvgIpc) is 2.83. The summed E-state index contributed by atoms with van der Waals surface area (Å²) in [5.41, 5.74) is 2.03. The zero-order valence-electron chi connectivity index (χ0n) is 13.1. The van der Waals surface area contributed by atoms with Crippen LogP contribution in [0.1, 0.15) is 25.6 Å². The number of aromatic nitrogens is 2. The van der Waals surface area contributed by atoms with Gasteiger partial charge in [0.25, 0.3) is 0 Å². The predicted molar refractivity (Wildman–Crippen MR) is 88.2 cm³/mol. The average molecular weight is 310 g/mol. The number of hydrogen-bond donors (Lipinski definition) is 0. The van der Waals surface area contributed by atoms with Crippen molar-refractivity contribution >= 4 is 22.6 Å². The normalized spacial score (nSPS) is 11.5. The summed E-state index contributed by atoms with van der Waals surface area (Å²) in [4.78, 5) is 6.86. The summed E-state index contributed by atoms with van der Waals surface area (Å²) >= 11 is 6.07. The minimum absolute atomic E-state index is 0.420. The first kappa shape index (κ1) is 16.1. The molecule has 0 N–H and O–H groups in total. The Labute approximate surface area is 131 Å². The van der Waals surface area contributed by atoms with Crippen molar-refractivity contribution in [2.45, 2.75) is 32.2 Å². The van der Waals surface area contributed by atoms with Crippen molar-refractivity contribution < 1.29 is 4.74 Å². The van der Waals surface area contributed by atoms with E-state index in [2.05, 4.69) is 41.5 Å². The number of alkyl halides is 1. The molecule has 21 heavy (non-hydrogen) atoms. The largest absolute Gasteiger partial charge is 0.491 e. The standard InChI is InChI=1S/C16H24ClN3O/c1-4-11-21-14-8-5-7-13-16(14)18-15(12-17)20(13)10-6-9-19(2)3/h5,7-8H,4,6,9-12H2,1-3H3. The highest BCUT2D eigenvalue weighted by molar-refractivity contribution is 6.16. The van der Waals surface area contributed by atoms with Crippen LogP contribution < -0.4 is 4.74 Å². The lowest BCUT2D eigenvalue weighted by molar-refractivity contribution is 0.320. The van der Waals surface area contributed by atoms with Crippen LogP contribution in [0.15, 0.2) is 18.2 Å². The van der Waals surface area contributed by atoms with Gasteiger partial charge in [-0.25, -0.2) is 4.98 Å². The first-order chi connectivity index (χ1) is 10.2. The molecule has 0 bridgehead atoms. The van der Waals surface area contributed by atoms with Crippen molar-refractivity contribution in [2.75, 3.05) is 27.2 Å². The lowest BCUT2D eigenvalue weighted by Gasteiger charge is -2.12. The number of halogens is 1. The third kappa shape index (κ3) is 3.89. The SMILES string of the molecule is CCCOc1cccc2c1nc(CCl)n2CCCN(C)C. The molecular weight excluding hydrogens is 286 g/mol. The molecule has 0 spiro atoms. The number of imidazole rings is 1. The number of rotatable bonds is 8. The first-order valence-electron chi connectivity index (χ1n) is 7.49. The van der Waals surface area contributed by atoms with Gasteiger partial charge in [0, 0.05) is 6.54 Å². The van der Waals surface area contributed by atoms with Gasteiger partial charge in [-0.3, -0.25) is 0 Å². The quantitative estimate of drug-likeness (QED) is 0.699. The maximum absolute atomic E-state index is 6.07. The van der Waals surface area contributed by atoms with Gasteiger partial charge in [-0.1, -0.05) is 13.0 Å². The maximum Gasteiger partial charge on any atom is 0.147 e. The number of hydrogen-bond acceptors (Lipinski definition) is 3. The van der Waals surface area contributed by atoms with Gasteiger partial charge in [-0.15, -0.1) is 11.6 Å². The molecule has 0 atom stereocenters. The topological polar surface area (TPSA) is 30.3 Å². The second-order valence-corrected chi connectivity index (χ2v) is 5.71. The van der Waals surface area contributed by atoms with Crippen LogP contribution >= 0.6 is 11.6 Å². The molecule has 0 fully saturated rings. The smallest absolute Gasteiger partial charge is 0.147 e. The van der Waals surface area contributed by atoms with Crippen LogP contribution in [0.3, 0.4) is 0 Å². The molecule has 1 aromatic heterocycles. The van der Waals surface area contributed by atoms with Crippen molar-refractivity contribution in [2.24, 2.45) is 0 Å². The Balaban J connectivity index is 2.30. The van der Waals surface area contributed by atoms with Crippen LogP contribution in [0.2, 0.25) is 0 Å². The molecule has 0 amide bonds. The fourth-order valence-corrected chi connectivity index (χ4v) is 2.60. The van der Waals surface area contributed by atoms with Crippen LogP contribution in [0.5, 0.6) is 5.75 Å². The Morgan fingerprint density at radius 2 is 2.14 bits per heavy atom. The number of aryl methyl sites for hydroxylation is 1. The monoisotopic (exact) mass is 309 g/mol. The number of benzene rings is 1. The van der Waals surface area contributed by atoms with E-state index in [4.69, 9.17) is 16.3 Å². The Bertz CT molecular complexity index is 580. The van der Waals surface area contributed by atoms with E-state index in [1.165, 1.54) is 0 Å². The highest BCUT2D eigenvalue weighted by Crippen LogP contribution is 2.27. The summed E-state index contributed by atoms with van der Waals surface area (Å²) in [6.07, 6.45) is 2.06. The fourth-order valence-electron chi connectivity index (χ4n) is 2.39. The zero-order chi connectivity index (χ0) is 15.2. The summed E-state index contributed by atoms with van der Waals surface area (Å²) in [6.45, 7) is 4.79. The minimum Gasteiger partial charge on any atom is -0.491 e. The molecule has 4 nitrogen and oxygen atoms in total. The maximum atomic E-state index is 6.07. The zero-order valence-corrected chi connectivity index (χ0v) is 13.9. The van der Waals surface area contributed by atoms with E-state index in [0.29, 0.717) is 12.5 Å².